The molecule has 0 fully saturated rings. The smallest absolute Gasteiger partial charge is 0.454 e. The Kier molecular flexibility index (Phi) is 3.72. The zero-order chi connectivity index (χ0) is 16.5. The van der Waals surface area contributed by atoms with Crippen LogP contribution in [0.5, 0.6) is 11.5 Å². The highest BCUT2D eigenvalue weighted by Gasteiger charge is 2.27. The summed E-state index contributed by atoms with van der Waals surface area (Å²) < 4.78 is 15.7. The minimum atomic E-state index is -0.930. The van der Waals surface area contributed by atoms with E-state index < -0.39 is 7.12 Å². The predicted molar refractivity (Wildman–Crippen MR) is 89.1 cm³/mol. The first-order valence-electron chi connectivity index (χ1n) is 7.50. The van der Waals surface area contributed by atoms with Crippen molar-refractivity contribution in [2.24, 2.45) is 0 Å². The lowest BCUT2D eigenvalue weighted by Crippen LogP contribution is -2.28. The third kappa shape index (κ3) is 2.87. The van der Waals surface area contributed by atoms with Crippen LogP contribution in [0.25, 0.3) is 6.08 Å². The van der Waals surface area contributed by atoms with Crippen molar-refractivity contribution >= 4 is 30.3 Å². The van der Waals surface area contributed by atoms with Crippen molar-refractivity contribution in [3.05, 3.63) is 53.6 Å². The van der Waals surface area contributed by atoms with Crippen LogP contribution in [-0.4, -0.2) is 24.8 Å². The molecule has 4 rings (SSSR count). The van der Waals surface area contributed by atoms with Crippen LogP contribution in [-0.2, 0) is 16.1 Å². The number of anilines is 1. The molecule has 0 saturated heterocycles. The van der Waals surface area contributed by atoms with Gasteiger partial charge in [0, 0.05) is 11.8 Å². The lowest BCUT2D eigenvalue weighted by molar-refractivity contribution is -0.111. The van der Waals surface area contributed by atoms with Crippen molar-refractivity contribution in [2.75, 3.05) is 12.1 Å². The number of benzene rings is 2. The quantitative estimate of drug-likeness (QED) is 0.657. The number of amides is 1. The summed E-state index contributed by atoms with van der Waals surface area (Å²) >= 11 is 0. The van der Waals surface area contributed by atoms with Gasteiger partial charge in [0.25, 0.3) is 0 Å². The maximum Gasteiger partial charge on any atom is 0.491 e. The summed E-state index contributed by atoms with van der Waals surface area (Å²) in [6, 6.07) is 10.8. The zero-order valence-corrected chi connectivity index (χ0v) is 12.7. The molecule has 0 spiro atoms. The SMILES string of the molecule is O=C(/C=C/c1ccc2c(c1)OCO2)Nc1ccc2c(c1)B(O)OC2. The summed E-state index contributed by atoms with van der Waals surface area (Å²) in [5.74, 6) is 1.11. The second-order valence-corrected chi connectivity index (χ2v) is 5.51. The highest BCUT2D eigenvalue weighted by molar-refractivity contribution is 6.61. The number of fused-ring (bicyclic) bond motifs is 2. The molecule has 2 heterocycles. The van der Waals surface area contributed by atoms with E-state index in [1.54, 1.807) is 18.2 Å². The van der Waals surface area contributed by atoms with E-state index in [-0.39, 0.29) is 12.7 Å². The summed E-state index contributed by atoms with van der Waals surface area (Å²) in [5.41, 5.74) is 3.06. The van der Waals surface area contributed by atoms with Crippen LogP contribution in [0.15, 0.2) is 42.5 Å². The van der Waals surface area contributed by atoms with Crippen LogP contribution in [0.2, 0.25) is 0 Å². The molecule has 24 heavy (non-hydrogen) atoms. The Morgan fingerprint density at radius 2 is 2.04 bits per heavy atom. The van der Waals surface area contributed by atoms with E-state index in [2.05, 4.69) is 5.32 Å². The highest BCUT2D eigenvalue weighted by atomic mass is 16.7. The zero-order valence-electron chi connectivity index (χ0n) is 12.7. The van der Waals surface area contributed by atoms with E-state index in [1.165, 1.54) is 6.08 Å². The van der Waals surface area contributed by atoms with Gasteiger partial charge in [-0.25, -0.2) is 0 Å². The molecule has 0 atom stereocenters. The monoisotopic (exact) mass is 323 g/mol. The Morgan fingerprint density at radius 3 is 2.96 bits per heavy atom. The van der Waals surface area contributed by atoms with Gasteiger partial charge >= 0.3 is 7.12 Å². The molecule has 6 nitrogen and oxygen atoms in total. The lowest BCUT2D eigenvalue weighted by Gasteiger charge is -2.05. The third-order valence-corrected chi connectivity index (χ3v) is 3.90. The summed E-state index contributed by atoms with van der Waals surface area (Å²) in [4.78, 5) is 12.1. The molecular weight excluding hydrogens is 309 g/mol. The third-order valence-electron chi connectivity index (χ3n) is 3.90. The molecule has 2 aliphatic heterocycles. The molecular formula is C17H14BNO5. The normalized spacial score (nSPS) is 15.0. The van der Waals surface area contributed by atoms with Gasteiger partial charge in [0.1, 0.15) is 0 Å². The Bertz CT molecular complexity index is 836. The van der Waals surface area contributed by atoms with Crippen LogP contribution < -0.4 is 20.3 Å². The van der Waals surface area contributed by atoms with E-state index in [0.29, 0.717) is 29.3 Å². The molecule has 0 aliphatic carbocycles. The number of hydrogen-bond acceptors (Lipinski definition) is 5. The van der Waals surface area contributed by atoms with Gasteiger partial charge in [-0.15, -0.1) is 0 Å². The van der Waals surface area contributed by atoms with E-state index in [4.69, 9.17) is 14.1 Å². The molecule has 0 unspecified atom stereocenters. The van der Waals surface area contributed by atoms with Crippen molar-refractivity contribution in [3.63, 3.8) is 0 Å². The van der Waals surface area contributed by atoms with Crippen molar-refractivity contribution in [3.8, 4) is 11.5 Å². The first kappa shape index (κ1) is 14.8. The second-order valence-electron chi connectivity index (χ2n) is 5.51. The average molecular weight is 323 g/mol. The Balaban J connectivity index is 1.44. The number of hydrogen-bond donors (Lipinski definition) is 2. The number of ether oxygens (including phenoxy) is 2. The molecule has 2 N–H and O–H groups in total. The van der Waals surface area contributed by atoms with Gasteiger partial charge in [-0.05, 0) is 46.9 Å². The molecule has 0 saturated carbocycles. The van der Waals surface area contributed by atoms with Gasteiger partial charge in [0.2, 0.25) is 12.7 Å². The van der Waals surface area contributed by atoms with E-state index >= 15 is 0 Å². The number of carbonyl (C=O) groups excluding carboxylic acids is 1. The predicted octanol–water partition coefficient (Wildman–Crippen LogP) is 1.28. The molecule has 0 aromatic heterocycles. The van der Waals surface area contributed by atoms with Crippen LogP contribution in [0.1, 0.15) is 11.1 Å². The number of carbonyl (C=O) groups is 1. The average Bonchev–Trinajstić information content (AvgIpc) is 3.19. The lowest BCUT2D eigenvalue weighted by atomic mass is 9.79. The Labute approximate surface area is 138 Å². The van der Waals surface area contributed by atoms with Crippen LogP contribution in [0, 0.1) is 0 Å². The molecule has 7 heteroatoms. The van der Waals surface area contributed by atoms with Gasteiger partial charge in [-0.2, -0.15) is 0 Å². The minimum absolute atomic E-state index is 0.219. The van der Waals surface area contributed by atoms with Gasteiger partial charge < -0.3 is 24.5 Å². The fourth-order valence-corrected chi connectivity index (χ4v) is 2.67. The van der Waals surface area contributed by atoms with E-state index in [0.717, 1.165) is 11.1 Å². The molecule has 2 aliphatic rings. The number of nitrogens with one attached hydrogen (secondary N) is 1. The van der Waals surface area contributed by atoms with Crippen LogP contribution in [0.4, 0.5) is 5.69 Å². The summed E-state index contributed by atoms with van der Waals surface area (Å²) in [6.07, 6.45) is 3.14. The molecule has 1 amide bonds. The highest BCUT2D eigenvalue weighted by Crippen LogP contribution is 2.32. The van der Waals surface area contributed by atoms with Gasteiger partial charge in [0.15, 0.2) is 11.5 Å². The second kappa shape index (κ2) is 6.03. The van der Waals surface area contributed by atoms with Crippen molar-refractivity contribution < 1.29 is 23.9 Å². The van der Waals surface area contributed by atoms with Crippen molar-refractivity contribution in [1.29, 1.82) is 0 Å². The largest absolute Gasteiger partial charge is 0.491 e. The Hall–Kier alpha value is -2.77. The molecule has 2 aromatic carbocycles. The first-order valence-corrected chi connectivity index (χ1v) is 7.50. The maximum atomic E-state index is 12.1. The fourth-order valence-electron chi connectivity index (χ4n) is 2.67. The van der Waals surface area contributed by atoms with E-state index in [9.17, 15) is 9.82 Å². The maximum absolute atomic E-state index is 12.1. The summed E-state index contributed by atoms with van der Waals surface area (Å²) in [5, 5.41) is 12.5. The topological polar surface area (TPSA) is 77.0 Å². The first-order chi connectivity index (χ1) is 11.7. The molecule has 0 bridgehead atoms. The van der Waals surface area contributed by atoms with Gasteiger partial charge in [0.05, 0.1) is 6.61 Å². The summed E-state index contributed by atoms with van der Waals surface area (Å²) in [7, 11) is -0.930. The standard InChI is InChI=1S/C17H14BNO5/c20-17(6-2-11-1-5-15-16(7-11)23-10-22-15)19-13-4-3-12-9-24-18(21)14(12)8-13/h1-8,21H,9-10H2,(H,19,20)/b6-2+. The van der Waals surface area contributed by atoms with Gasteiger partial charge in [-0.3, -0.25) is 4.79 Å². The fraction of sp³-hybridized carbons (Fsp3) is 0.118. The number of rotatable bonds is 3. The Morgan fingerprint density at radius 1 is 1.17 bits per heavy atom. The van der Waals surface area contributed by atoms with Crippen molar-refractivity contribution in [2.45, 2.75) is 6.61 Å². The minimum Gasteiger partial charge on any atom is -0.454 e. The van der Waals surface area contributed by atoms with Gasteiger partial charge in [-0.1, -0.05) is 12.1 Å². The van der Waals surface area contributed by atoms with Crippen LogP contribution in [0.3, 0.4) is 0 Å². The molecule has 120 valence electrons. The summed E-state index contributed by atoms with van der Waals surface area (Å²) in [6.45, 7) is 0.603. The molecule has 0 radical (unpaired) electrons. The molecule has 2 aromatic rings. The van der Waals surface area contributed by atoms with Crippen molar-refractivity contribution in [1.82, 2.24) is 0 Å². The van der Waals surface area contributed by atoms with Crippen LogP contribution >= 0.6 is 0 Å². The van der Waals surface area contributed by atoms with E-state index in [1.807, 2.05) is 24.3 Å².